The van der Waals surface area contributed by atoms with Crippen LogP contribution in [0.4, 0.5) is 0 Å². The minimum absolute atomic E-state index is 0.0375. The number of carbonyl (C=O) groups is 1. The molecule has 20 heavy (non-hydrogen) atoms. The fraction of sp³-hybridized carbons (Fsp3) is 0.562. The summed E-state index contributed by atoms with van der Waals surface area (Å²) in [6.07, 6.45) is 5.01. The van der Waals surface area contributed by atoms with E-state index in [0.717, 1.165) is 31.3 Å². The molecule has 2 rings (SSSR count). The van der Waals surface area contributed by atoms with Crippen molar-refractivity contribution in [3.8, 4) is 0 Å². The quantitative estimate of drug-likeness (QED) is 0.256. The van der Waals surface area contributed by atoms with Gasteiger partial charge in [0, 0.05) is 11.5 Å². The lowest BCUT2D eigenvalue weighted by Gasteiger charge is -2.23. The van der Waals surface area contributed by atoms with Gasteiger partial charge in [-0.1, -0.05) is 18.7 Å². The summed E-state index contributed by atoms with van der Waals surface area (Å²) in [5.41, 5.74) is 2.74. The summed E-state index contributed by atoms with van der Waals surface area (Å²) >= 11 is 0. The van der Waals surface area contributed by atoms with Crippen LogP contribution in [0, 0.1) is 5.92 Å². The first kappa shape index (κ1) is 15.0. The largest absolute Gasteiger partial charge is 0.454 e. The number of hydrogen-bond donors (Lipinski definition) is 0. The van der Waals surface area contributed by atoms with E-state index in [1.54, 1.807) is 0 Å². The van der Waals surface area contributed by atoms with E-state index in [4.69, 9.17) is 14.5 Å². The lowest BCUT2D eigenvalue weighted by Crippen LogP contribution is -2.20. The van der Waals surface area contributed by atoms with Crippen LogP contribution in [0.1, 0.15) is 32.6 Å². The number of carbonyl (C=O) groups excluding carboxylic acids is 1. The third-order valence-electron chi connectivity index (χ3n) is 4.04. The number of ether oxygens (including phenoxy) is 1. The molecule has 1 heterocycles. The third kappa shape index (κ3) is 3.19. The molecule has 1 aliphatic carbocycles. The fourth-order valence-electron chi connectivity index (χ4n) is 2.78. The predicted octanol–water partition coefficient (Wildman–Crippen LogP) is 3.11. The van der Waals surface area contributed by atoms with Crippen LogP contribution in [0.3, 0.4) is 0 Å². The maximum absolute atomic E-state index is 11.7. The topological polar surface area (TPSA) is 44.8 Å². The zero-order valence-electron chi connectivity index (χ0n) is 12.2. The first-order chi connectivity index (χ1) is 9.52. The van der Waals surface area contributed by atoms with Crippen molar-refractivity contribution >= 4 is 5.97 Å². The van der Waals surface area contributed by atoms with E-state index < -0.39 is 0 Å². The monoisotopic (exact) mass is 278 g/mol. The zero-order chi connectivity index (χ0) is 14.7. The molecule has 0 radical (unpaired) electrons. The molecular formula is C16H22O4. The molecule has 2 aliphatic rings. The van der Waals surface area contributed by atoms with Gasteiger partial charge in [0.1, 0.15) is 12.2 Å². The first-order valence-electron chi connectivity index (χ1n) is 6.97. The average Bonchev–Trinajstić information content (AvgIpc) is 2.66. The molecule has 0 amide bonds. The van der Waals surface area contributed by atoms with E-state index >= 15 is 0 Å². The van der Waals surface area contributed by atoms with Gasteiger partial charge in [-0.25, -0.2) is 14.6 Å². The Morgan fingerprint density at radius 1 is 1.30 bits per heavy atom. The van der Waals surface area contributed by atoms with Crippen molar-refractivity contribution in [1.29, 1.82) is 0 Å². The van der Waals surface area contributed by atoms with E-state index in [1.165, 1.54) is 12.7 Å². The average molecular weight is 278 g/mol. The van der Waals surface area contributed by atoms with E-state index in [9.17, 15) is 4.79 Å². The molecule has 3 atom stereocenters. The maximum atomic E-state index is 11.7. The van der Waals surface area contributed by atoms with Crippen LogP contribution in [0.5, 0.6) is 0 Å². The van der Waals surface area contributed by atoms with Crippen molar-refractivity contribution in [2.24, 2.45) is 5.92 Å². The summed E-state index contributed by atoms with van der Waals surface area (Å²) in [6.45, 7) is 10.00. The molecule has 1 saturated heterocycles. The van der Waals surface area contributed by atoms with E-state index in [0.29, 0.717) is 5.57 Å². The molecular weight excluding hydrogens is 256 g/mol. The van der Waals surface area contributed by atoms with Crippen LogP contribution in [0.15, 0.2) is 36.0 Å². The van der Waals surface area contributed by atoms with Crippen LogP contribution < -0.4 is 0 Å². The number of allylic oxidation sites excluding steroid dienone is 1. The third-order valence-corrected chi connectivity index (χ3v) is 4.04. The predicted molar refractivity (Wildman–Crippen MR) is 75.8 cm³/mol. The highest BCUT2D eigenvalue weighted by atomic mass is 17.2. The highest BCUT2D eigenvalue weighted by molar-refractivity contribution is 5.91. The fourth-order valence-corrected chi connectivity index (χ4v) is 2.78. The summed E-state index contributed by atoms with van der Waals surface area (Å²) in [4.78, 5) is 21.8. The Kier molecular flexibility index (Phi) is 4.78. The number of hydrogen-bond acceptors (Lipinski definition) is 4. The molecule has 4 nitrogen and oxygen atoms in total. The zero-order valence-corrected chi connectivity index (χ0v) is 12.2. The van der Waals surface area contributed by atoms with Crippen LogP contribution in [0.2, 0.25) is 0 Å². The molecule has 110 valence electrons. The highest BCUT2D eigenvalue weighted by Crippen LogP contribution is 2.35. The van der Waals surface area contributed by atoms with Crippen LogP contribution in [-0.2, 0) is 19.3 Å². The minimum atomic E-state index is -0.279. The first-order valence-corrected chi connectivity index (χ1v) is 6.97. The Balaban J connectivity index is 2.19. The van der Waals surface area contributed by atoms with Gasteiger partial charge < -0.3 is 4.74 Å². The van der Waals surface area contributed by atoms with Crippen molar-refractivity contribution in [3.63, 3.8) is 0 Å². The van der Waals surface area contributed by atoms with Gasteiger partial charge in [-0.05, 0) is 44.3 Å². The van der Waals surface area contributed by atoms with Crippen molar-refractivity contribution in [1.82, 2.24) is 0 Å². The van der Waals surface area contributed by atoms with E-state index in [2.05, 4.69) is 13.2 Å². The SMILES string of the molecule is C=C1CCC2C(=C)C(=O)OC2/C=C(\C)CCC1OOC. The Labute approximate surface area is 120 Å². The second kappa shape index (κ2) is 6.37. The Hall–Kier alpha value is -1.39. The van der Waals surface area contributed by atoms with Crippen LogP contribution in [-0.4, -0.2) is 25.3 Å². The van der Waals surface area contributed by atoms with Crippen LogP contribution in [0.25, 0.3) is 0 Å². The minimum Gasteiger partial charge on any atom is -0.454 e. The van der Waals surface area contributed by atoms with Gasteiger partial charge in [0.15, 0.2) is 0 Å². The molecule has 1 fully saturated rings. The van der Waals surface area contributed by atoms with Gasteiger partial charge in [0.25, 0.3) is 0 Å². The maximum Gasteiger partial charge on any atom is 0.334 e. The Morgan fingerprint density at radius 3 is 2.75 bits per heavy atom. The molecule has 1 aliphatic heterocycles. The molecule has 4 heteroatoms. The Bertz CT molecular complexity index is 449. The molecule has 0 spiro atoms. The number of fused-ring (bicyclic) bond motifs is 1. The lowest BCUT2D eigenvalue weighted by atomic mass is 9.86. The van der Waals surface area contributed by atoms with Crippen molar-refractivity contribution in [3.05, 3.63) is 36.0 Å². The van der Waals surface area contributed by atoms with Gasteiger partial charge in [0.05, 0.1) is 7.11 Å². The van der Waals surface area contributed by atoms with Gasteiger partial charge in [-0.3, -0.25) is 0 Å². The lowest BCUT2D eigenvalue weighted by molar-refractivity contribution is -0.297. The standard InChI is InChI=1S/C16H22O4/c1-10-5-8-14(20-18-4)11(2)6-7-13-12(3)16(17)19-15(13)9-10/h9,13-15H,2-3,5-8H2,1,4H3/b10-9+. The summed E-state index contributed by atoms with van der Waals surface area (Å²) in [5.74, 6) is -0.242. The van der Waals surface area contributed by atoms with Gasteiger partial charge >= 0.3 is 5.97 Å². The summed E-state index contributed by atoms with van der Waals surface area (Å²) in [6, 6.07) is 0. The van der Waals surface area contributed by atoms with Gasteiger partial charge in [0.2, 0.25) is 0 Å². The van der Waals surface area contributed by atoms with Gasteiger partial charge in [-0.2, -0.15) is 0 Å². The van der Waals surface area contributed by atoms with Crippen molar-refractivity contribution < 1.29 is 19.3 Å². The normalized spacial score (nSPS) is 34.2. The molecule has 0 saturated carbocycles. The van der Waals surface area contributed by atoms with Crippen molar-refractivity contribution in [2.45, 2.75) is 44.8 Å². The molecule has 0 aromatic carbocycles. The van der Waals surface area contributed by atoms with Crippen LogP contribution >= 0.6 is 0 Å². The molecule has 3 unspecified atom stereocenters. The van der Waals surface area contributed by atoms with Crippen molar-refractivity contribution in [2.75, 3.05) is 7.11 Å². The summed E-state index contributed by atoms with van der Waals surface area (Å²) < 4.78 is 5.39. The summed E-state index contributed by atoms with van der Waals surface area (Å²) in [7, 11) is 1.51. The van der Waals surface area contributed by atoms with E-state index in [-0.39, 0.29) is 24.1 Å². The summed E-state index contributed by atoms with van der Waals surface area (Å²) in [5, 5.41) is 0. The molecule has 0 bridgehead atoms. The number of rotatable bonds is 2. The van der Waals surface area contributed by atoms with Gasteiger partial charge in [-0.15, -0.1) is 0 Å². The molecule has 0 N–H and O–H groups in total. The Morgan fingerprint density at radius 2 is 2.05 bits per heavy atom. The van der Waals surface area contributed by atoms with E-state index in [1.807, 2.05) is 13.0 Å². The molecule has 0 aromatic heterocycles. The second-order valence-electron chi connectivity index (χ2n) is 5.50. The smallest absolute Gasteiger partial charge is 0.334 e. The second-order valence-corrected chi connectivity index (χ2v) is 5.50. The highest BCUT2D eigenvalue weighted by Gasteiger charge is 2.37. The number of esters is 1. The molecule has 0 aromatic rings.